The van der Waals surface area contributed by atoms with Crippen LogP contribution < -0.4 is 0 Å². The maximum Gasteiger partial charge on any atom is 0.460 e. The highest BCUT2D eigenvalue weighted by molar-refractivity contribution is 5.69. The molecular weight excluding hydrogens is 351 g/mol. The van der Waals surface area contributed by atoms with Crippen molar-refractivity contribution in [3.8, 4) is 0 Å². The van der Waals surface area contributed by atoms with Crippen LogP contribution in [0.25, 0.3) is 0 Å². The second-order valence-corrected chi connectivity index (χ2v) is 4.19. The Balaban J connectivity index is 2.76. The Morgan fingerprint density at radius 2 is 1.57 bits per heavy atom. The molecule has 0 aliphatic heterocycles. The lowest BCUT2D eigenvalue weighted by Crippen LogP contribution is -2.61. The predicted octanol–water partition coefficient (Wildman–Crippen LogP) is 3.73. The molecule has 13 heteroatoms. The lowest BCUT2D eigenvalue weighted by Gasteiger charge is -2.33. The maximum absolute atomic E-state index is 13.1. The largest absolute Gasteiger partial charge is 0.460 e. The summed E-state index contributed by atoms with van der Waals surface area (Å²) in [7, 11) is 0. The number of imidazole rings is 1. The number of nitrogens with zero attached hydrogens (tertiary/aromatic N) is 2. The number of aromatic nitrogens is 2. The maximum atomic E-state index is 13.1. The van der Waals surface area contributed by atoms with Crippen molar-refractivity contribution in [1.29, 1.82) is 0 Å². The molecule has 0 aromatic carbocycles. The van der Waals surface area contributed by atoms with E-state index in [1.807, 2.05) is 0 Å². The summed E-state index contributed by atoms with van der Waals surface area (Å²) in [6.07, 6.45) is -7.56. The fourth-order valence-corrected chi connectivity index (χ4v) is 1.27. The summed E-state index contributed by atoms with van der Waals surface area (Å²) in [6, 6.07) is 0. The lowest BCUT2D eigenvalue weighted by atomic mass is 10.0. The monoisotopic (exact) mass is 358 g/mol. The van der Waals surface area contributed by atoms with Gasteiger partial charge < -0.3 is 4.74 Å². The molecule has 0 aliphatic carbocycles. The number of hydrogen-bond acceptors (Lipinski definition) is 3. The van der Waals surface area contributed by atoms with Crippen LogP contribution in [0.1, 0.15) is 6.42 Å². The minimum atomic E-state index is -6.96. The first-order valence-corrected chi connectivity index (χ1v) is 5.59. The Morgan fingerprint density at radius 1 is 1.00 bits per heavy atom. The van der Waals surface area contributed by atoms with Crippen LogP contribution in [0, 0.1) is 0 Å². The van der Waals surface area contributed by atoms with Gasteiger partial charge >= 0.3 is 30.0 Å². The van der Waals surface area contributed by atoms with Crippen molar-refractivity contribution in [2.45, 2.75) is 30.4 Å². The van der Waals surface area contributed by atoms with E-state index < -0.39 is 43.1 Å². The summed E-state index contributed by atoms with van der Waals surface area (Å²) >= 11 is 0. The van der Waals surface area contributed by atoms with Crippen LogP contribution in [0.15, 0.2) is 18.7 Å². The summed E-state index contributed by atoms with van der Waals surface area (Å²) in [5, 5.41) is 0. The molecule has 1 aromatic rings. The molecule has 1 rings (SSSR count). The Kier molecular flexibility index (Phi) is 4.92. The molecule has 0 saturated carbocycles. The van der Waals surface area contributed by atoms with Gasteiger partial charge in [-0.3, -0.25) is 0 Å². The topological polar surface area (TPSA) is 44.1 Å². The lowest BCUT2D eigenvalue weighted by molar-refractivity contribution is -0.397. The molecular formula is C10H7F9N2O2. The number of carbonyl (C=O) groups excluding carboxylic acids is 1. The van der Waals surface area contributed by atoms with E-state index in [-0.39, 0.29) is 0 Å². The zero-order valence-electron chi connectivity index (χ0n) is 10.8. The summed E-state index contributed by atoms with van der Waals surface area (Å²) in [4.78, 5) is 14.5. The second-order valence-electron chi connectivity index (χ2n) is 4.19. The van der Waals surface area contributed by atoms with Gasteiger partial charge in [-0.1, -0.05) is 0 Å². The fraction of sp³-hybridized carbons (Fsp3) is 0.600. The molecule has 0 atom stereocenters. The number of carbonyl (C=O) groups is 1. The van der Waals surface area contributed by atoms with E-state index in [4.69, 9.17) is 0 Å². The molecule has 0 N–H and O–H groups in total. The van der Waals surface area contributed by atoms with Crippen LogP contribution in [0.4, 0.5) is 44.3 Å². The Hall–Kier alpha value is -1.95. The van der Waals surface area contributed by atoms with Gasteiger partial charge in [0.1, 0.15) is 6.33 Å². The Labute approximate surface area is 121 Å². The van der Waals surface area contributed by atoms with Gasteiger partial charge in [0, 0.05) is 12.4 Å². The van der Waals surface area contributed by atoms with E-state index in [1.54, 1.807) is 0 Å². The van der Waals surface area contributed by atoms with Crippen LogP contribution in [0.3, 0.4) is 0 Å². The Bertz CT molecular complexity index is 539. The van der Waals surface area contributed by atoms with Gasteiger partial charge in [0.25, 0.3) is 0 Å². The van der Waals surface area contributed by atoms with E-state index in [0.29, 0.717) is 4.57 Å². The highest BCUT2D eigenvalue weighted by Gasteiger charge is 2.81. The minimum Gasteiger partial charge on any atom is -0.449 e. The van der Waals surface area contributed by atoms with Gasteiger partial charge in [0.2, 0.25) is 0 Å². The molecule has 0 amide bonds. The van der Waals surface area contributed by atoms with Crippen molar-refractivity contribution in [3.05, 3.63) is 18.7 Å². The molecule has 0 bridgehead atoms. The predicted molar refractivity (Wildman–Crippen MR) is 54.5 cm³/mol. The average molecular weight is 358 g/mol. The molecule has 0 aliphatic rings. The quantitative estimate of drug-likeness (QED) is 0.754. The third-order valence-electron chi connectivity index (χ3n) is 2.57. The number of halogens is 9. The molecule has 0 fully saturated rings. The summed E-state index contributed by atoms with van der Waals surface area (Å²) < 4.78 is 117. The average Bonchev–Trinajstić information content (AvgIpc) is 2.90. The van der Waals surface area contributed by atoms with E-state index in [2.05, 4.69) is 9.72 Å². The van der Waals surface area contributed by atoms with E-state index in [9.17, 15) is 44.3 Å². The first-order valence-electron chi connectivity index (χ1n) is 5.59. The number of alkyl halides is 9. The molecule has 1 heterocycles. The second kappa shape index (κ2) is 5.92. The van der Waals surface area contributed by atoms with Crippen molar-refractivity contribution in [1.82, 2.24) is 9.55 Å². The normalized spacial score (nSPS) is 14.0. The molecule has 23 heavy (non-hydrogen) atoms. The number of rotatable bonds is 5. The third kappa shape index (κ3) is 3.52. The van der Waals surface area contributed by atoms with E-state index in [0.717, 1.165) is 18.7 Å². The van der Waals surface area contributed by atoms with Gasteiger partial charge in [0.05, 0.1) is 13.0 Å². The van der Waals surface area contributed by atoms with Crippen LogP contribution in [0.2, 0.25) is 0 Å². The standard InChI is InChI=1S/C10H7F9N2O2/c11-7(12,8(13,14)9(15,16)10(17,18)19)1-4-23-6(22)21-3-2-20-5-21/h2-3,5H,1,4H2. The summed E-state index contributed by atoms with van der Waals surface area (Å²) in [5.41, 5.74) is 0. The summed E-state index contributed by atoms with van der Waals surface area (Å²) in [5.74, 6) is -19.5. The fourth-order valence-electron chi connectivity index (χ4n) is 1.27. The van der Waals surface area contributed by atoms with Gasteiger partial charge in [-0.2, -0.15) is 39.5 Å². The number of ether oxygens (including phenoxy) is 1. The van der Waals surface area contributed by atoms with E-state index in [1.165, 1.54) is 0 Å². The minimum absolute atomic E-state index is 0.598. The van der Waals surface area contributed by atoms with Crippen molar-refractivity contribution in [2.75, 3.05) is 6.61 Å². The van der Waals surface area contributed by atoms with Crippen LogP contribution in [-0.4, -0.2) is 46.2 Å². The van der Waals surface area contributed by atoms with Crippen molar-refractivity contribution in [2.24, 2.45) is 0 Å². The molecule has 132 valence electrons. The highest BCUT2D eigenvalue weighted by Crippen LogP contribution is 2.53. The first kappa shape index (κ1) is 19.1. The van der Waals surface area contributed by atoms with Crippen molar-refractivity contribution < 1.29 is 49.0 Å². The van der Waals surface area contributed by atoms with Crippen LogP contribution in [0.5, 0.6) is 0 Å². The third-order valence-corrected chi connectivity index (χ3v) is 2.57. The van der Waals surface area contributed by atoms with Gasteiger partial charge in [-0.05, 0) is 0 Å². The smallest absolute Gasteiger partial charge is 0.449 e. The van der Waals surface area contributed by atoms with E-state index >= 15 is 0 Å². The molecule has 0 spiro atoms. The van der Waals surface area contributed by atoms with Gasteiger partial charge in [-0.15, -0.1) is 0 Å². The highest BCUT2D eigenvalue weighted by atomic mass is 19.4. The summed E-state index contributed by atoms with van der Waals surface area (Å²) in [6.45, 7) is -1.52. The van der Waals surface area contributed by atoms with Gasteiger partial charge in [0.15, 0.2) is 0 Å². The molecule has 0 saturated heterocycles. The molecule has 0 unspecified atom stereocenters. The van der Waals surface area contributed by atoms with Crippen LogP contribution >= 0.6 is 0 Å². The molecule has 1 aromatic heterocycles. The molecule has 0 radical (unpaired) electrons. The first-order chi connectivity index (χ1) is 10.2. The van der Waals surface area contributed by atoms with Crippen molar-refractivity contribution >= 4 is 6.09 Å². The number of hydrogen-bond donors (Lipinski definition) is 0. The van der Waals surface area contributed by atoms with Crippen molar-refractivity contribution in [3.63, 3.8) is 0 Å². The zero-order chi connectivity index (χ0) is 18.1. The van der Waals surface area contributed by atoms with Gasteiger partial charge in [-0.25, -0.2) is 14.3 Å². The molecule has 4 nitrogen and oxygen atoms in total. The Morgan fingerprint density at radius 3 is 2.00 bits per heavy atom. The zero-order valence-corrected chi connectivity index (χ0v) is 10.8. The van der Waals surface area contributed by atoms with Crippen LogP contribution in [-0.2, 0) is 4.74 Å². The SMILES string of the molecule is O=C(OCCC(F)(F)C(F)(F)C(F)(F)C(F)(F)F)n1ccnc1.